The van der Waals surface area contributed by atoms with Crippen LogP contribution in [-0.4, -0.2) is 36.7 Å². The van der Waals surface area contributed by atoms with Crippen LogP contribution in [0.2, 0.25) is 0 Å². The van der Waals surface area contributed by atoms with E-state index in [0.717, 1.165) is 35.4 Å². The molecule has 0 saturated heterocycles. The number of anilines is 1. The molecule has 1 fully saturated rings. The summed E-state index contributed by atoms with van der Waals surface area (Å²) >= 11 is 0. The van der Waals surface area contributed by atoms with Crippen molar-refractivity contribution in [3.63, 3.8) is 0 Å². The molecule has 1 radical (unpaired) electrons. The zero-order valence-electron chi connectivity index (χ0n) is 16.7. The molecule has 137 valence electrons. The molecule has 1 saturated carbocycles. The Bertz CT molecular complexity index is 578. The molecule has 1 aromatic rings. The second kappa shape index (κ2) is 9.29. The topological polar surface area (TPSA) is 38.3 Å². The molecule has 0 unspecified atom stereocenters. The first-order valence-electron chi connectivity index (χ1n) is 9.22. The minimum Gasteiger partial charge on any atom is -0.497 e. The van der Waals surface area contributed by atoms with Gasteiger partial charge in [-0.2, -0.15) is 0 Å². The Morgan fingerprint density at radius 3 is 1.92 bits per heavy atom. The van der Waals surface area contributed by atoms with Gasteiger partial charge in [0.15, 0.2) is 5.16 Å². The Kier molecular flexibility index (Phi) is 8.57. The second-order valence-corrected chi connectivity index (χ2v) is 12.1. The van der Waals surface area contributed by atoms with Crippen molar-refractivity contribution in [2.75, 3.05) is 30.9 Å². The number of amides is 1. The third-order valence-corrected chi connectivity index (χ3v) is 12.4. The first-order valence-corrected chi connectivity index (χ1v) is 11.6. The molecular formula is C20H33NO2PY+. The summed E-state index contributed by atoms with van der Waals surface area (Å²) in [5.41, 5.74) is 3.11. The Morgan fingerprint density at radius 2 is 1.60 bits per heavy atom. The molecule has 0 aliphatic heterocycles. The number of ether oxygens (including phenoxy) is 1. The standard InChI is InChI=1S/C20H32NO2P.Y/c1-7-24(8-2,9-3)20(11-10-12-20)19(22)21-18-15(4)13-17(23-6)14-16(18)5;/h13-14H,7-12H2,1-6H3;/p+1. The summed E-state index contributed by atoms with van der Waals surface area (Å²) in [5, 5.41) is 3.22. The number of carbonyl (C=O) groups excluding carboxylic acids is 1. The number of hydrogen-bond donors (Lipinski definition) is 1. The van der Waals surface area contributed by atoms with E-state index in [1.165, 1.54) is 24.9 Å². The van der Waals surface area contributed by atoms with Crippen LogP contribution >= 0.6 is 7.26 Å². The number of methoxy groups -OCH3 is 1. The second-order valence-electron chi connectivity index (χ2n) is 7.07. The number of aryl methyl sites for hydroxylation is 2. The number of carbonyl (C=O) groups is 1. The average molecular weight is 439 g/mol. The van der Waals surface area contributed by atoms with Gasteiger partial charge in [0, 0.05) is 45.7 Å². The van der Waals surface area contributed by atoms with Crippen molar-refractivity contribution in [1.82, 2.24) is 0 Å². The molecule has 0 spiro atoms. The van der Waals surface area contributed by atoms with Crippen LogP contribution in [0.1, 0.15) is 51.2 Å². The summed E-state index contributed by atoms with van der Waals surface area (Å²) in [6, 6.07) is 4.00. The molecule has 25 heavy (non-hydrogen) atoms. The molecule has 1 amide bonds. The first kappa shape index (κ1) is 23.1. The Balaban J connectivity index is 0.00000312. The van der Waals surface area contributed by atoms with Crippen molar-refractivity contribution in [1.29, 1.82) is 0 Å². The fourth-order valence-corrected chi connectivity index (χ4v) is 9.39. The van der Waals surface area contributed by atoms with E-state index in [1.807, 2.05) is 26.0 Å². The smallest absolute Gasteiger partial charge is 0.268 e. The van der Waals surface area contributed by atoms with Crippen LogP contribution in [0.25, 0.3) is 0 Å². The number of rotatable bonds is 7. The van der Waals surface area contributed by atoms with Gasteiger partial charge in [0.2, 0.25) is 0 Å². The van der Waals surface area contributed by atoms with Gasteiger partial charge < -0.3 is 10.1 Å². The molecular weight excluding hydrogens is 406 g/mol. The van der Waals surface area contributed by atoms with Gasteiger partial charge in [-0.15, -0.1) is 0 Å². The summed E-state index contributed by atoms with van der Waals surface area (Å²) in [5.74, 6) is 1.11. The van der Waals surface area contributed by atoms with Crippen LogP contribution in [0.5, 0.6) is 5.75 Å². The van der Waals surface area contributed by atoms with E-state index < -0.39 is 7.26 Å². The summed E-state index contributed by atoms with van der Waals surface area (Å²) < 4.78 is 5.33. The zero-order chi connectivity index (χ0) is 18.0. The van der Waals surface area contributed by atoms with Crippen LogP contribution in [0.3, 0.4) is 0 Å². The number of benzene rings is 1. The van der Waals surface area contributed by atoms with E-state index in [4.69, 9.17) is 4.74 Å². The summed E-state index contributed by atoms with van der Waals surface area (Å²) in [6.45, 7) is 11.0. The summed E-state index contributed by atoms with van der Waals surface area (Å²) in [4.78, 5) is 13.4. The zero-order valence-corrected chi connectivity index (χ0v) is 20.5. The Morgan fingerprint density at radius 1 is 1.12 bits per heavy atom. The molecule has 0 heterocycles. The molecule has 1 aromatic carbocycles. The number of nitrogens with one attached hydrogen (secondary N) is 1. The van der Waals surface area contributed by atoms with Gasteiger partial charge in [-0.3, -0.25) is 4.79 Å². The van der Waals surface area contributed by atoms with E-state index in [2.05, 4.69) is 26.1 Å². The minimum atomic E-state index is -1.25. The van der Waals surface area contributed by atoms with Gasteiger partial charge in [0.1, 0.15) is 5.75 Å². The molecule has 5 heteroatoms. The molecule has 0 atom stereocenters. The van der Waals surface area contributed by atoms with Crippen molar-refractivity contribution in [2.45, 2.75) is 59.0 Å². The maximum absolute atomic E-state index is 13.4. The van der Waals surface area contributed by atoms with Crippen molar-refractivity contribution in [2.24, 2.45) is 0 Å². The van der Waals surface area contributed by atoms with E-state index in [9.17, 15) is 4.79 Å². The van der Waals surface area contributed by atoms with Gasteiger partial charge in [0.25, 0.3) is 5.91 Å². The Hall–Kier alpha value is 0.0239. The van der Waals surface area contributed by atoms with Crippen molar-refractivity contribution < 1.29 is 42.2 Å². The fraction of sp³-hybridized carbons (Fsp3) is 0.650. The van der Waals surface area contributed by atoms with Crippen molar-refractivity contribution in [3.05, 3.63) is 23.3 Å². The number of hydrogen-bond acceptors (Lipinski definition) is 2. The van der Waals surface area contributed by atoms with Crippen LogP contribution < -0.4 is 10.1 Å². The summed E-state index contributed by atoms with van der Waals surface area (Å²) in [6.07, 6.45) is 6.85. The van der Waals surface area contributed by atoms with Gasteiger partial charge in [-0.25, -0.2) is 0 Å². The summed E-state index contributed by atoms with van der Waals surface area (Å²) in [7, 11) is 0.430. The van der Waals surface area contributed by atoms with Crippen LogP contribution in [0, 0.1) is 13.8 Å². The van der Waals surface area contributed by atoms with E-state index in [0.29, 0.717) is 0 Å². The van der Waals surface area contributed by atoms with Gasteiger partial charge in [-0.05, 0) is 77.1 Å². The average Bonchev–Trinajstić information content (AvgIpc) is 2.53. The van der Waals surface area contributed by atoms with Crippen LogP contribution in [0.15, 0.2) is 12.1 Å². The van der Waals surface area contributed by atoms with Gasteiger partial charge in [-0.1, -0.05) is 0 Å². The van der Waals surface area contributed by atoms with E-state index >= 15 is 0 Å². The maximum Gasteiger partial charge on any atom is 0.268 e. The van der Waals surface area contributed by atoms with Gasteiger partial charge in [0.05, 0.1) is 25.6 Å². The molecule has 3 nitrogen and oxygen atoms in total. The normalized spacial score (nSPS) is 15.8. The van der Waals surface area contributed by atoms with E-state index in [-0.39, 0.29) is 43.8 Å². The first-order chi connectivity index (χ1) is 11.4. The van der Waals surface area contributed by atoms with Gasteiger partial charge >= 0.3 is 0 Å². The van der Waals surface area contributed by atoms with E-state index in [1.54, 1.807) is 7.11 Å². The molecule has 1 aliphatic carbocycles. The van der Waals surface area contributed by atoms with Crippen LogP contribution in [-0.2, 0) is 37.5 Å². The largest absolute Gasteiger partial charge is 0.497 e. The molecule has 0 aromatic heterocycles. The third-order valence-electron chi connectivity index (χ3n) is 6.31. The van der Waals surface area contributed by atoms with Crippen LogP contribution in [0.4, 0.5) is 5.69 Å². The molecule has 2 rings (SSSR count). The fourth-order valence-electron chi connectivity index (χ4n) is 4.48. The van der Waals surface area contributed by atoms with Crippen molar-refractivity contribution >= 4 is 18.9 Å². The Labute approximate surface area is 179 Å². The third kappa shape index (κ3) is 3.99. The predicted octanol–water partition coefficient (Wildman–Crippen LogP) is 5.25. The molecule has 0 bridgehead atoms. The maximum atomic E-state index is 13.4. The molecule has 1 N–H and O–H groups in total. The predicted molar refractivity (Wildman–Crippen MR) is 106 cm³/mol. The minimum absolute atomic E-state index is 0. The quantitative estimate of drug-likeness (QED) is 0.590. The monoisotopic (exact) mass is 439 g/mol. The van der Waals surface area contributed by atoms with Crippen molar-refractivity contribution in [3.8, 4) is 5.75 Å². The SMILES string of the molecule is CC[P+](CC)(CC)C1(C(=O)Nc2c(C)cc(OC)cc2C)CCC1.[Y]. The molecule has 1 aliphatic rings.